The van der Waals surface area contributed by atoms with Crippen molar-refractivity contribution in [3.8, 4) is 11.3 Å². The van der Waals surface area contributed by atoms with Crippen molar-refractivity contribution in [2.75, 3.05) is 0 Å². The largest absolute Gasteiger partial charge is 0.344 e. The number of aromatic nitrogens is 3. The van der Waals surface area contributed by atoms with Gasteiger partial charge in [0.1, 0.15) is 11.3 Å². The van der Waals surface area contributed by atoms with Gasteiger partial charge >= 0.3 is 0 Å². The van der Waals surface area contributed by atoms with E-state index in [1.165, 1.54) is 46.7 Å². The highest BCUT2D eigenvalue weighted by Crippen LogP contribution is 2.26. The molecule has 2 aromatic heterocycles. The summed E-state index contributed by atoms with van der Waals surface area (Å²) in [5.41, 5.74) is 5.19. The fourth-order valence-electron chi connectivity index (χ4n) is 4.27. The van der Waals surface area contributed by atoms with E-state index in [1.54, 1.807) is 18.3 Å². The van der Waals surface area contributed by atoms with E-state index in [2.05, 4.69) is 27.5 Å². The van der Waals surface area contributed by atoms with Crippen LogP contribution in [0.4, 0.5) is 4.39 Å². The van der Waals surface area contributed by atoms with Crippen LogP contribution in [0.1, 0.15) is 53.0 Å². The second-order valence-electron chi connectivity index (χ2n) is 8.29. The molecule has 0 radical (unpaired) electrons. The monoisotopic (exact) mass is 430 g/mol. The molecule has 2 heterocycles. The van der Waals surface area contributed by atoms with Gasteiger partial charge in [-0.3, -0.25) is 9.59 Å². The van der Waals surface area contributed by atoms with E-state index in [1.807, 2.05) is 13.0 Å². The lowest BCUT2D eigenvalue weighted by molar-refractivity contribution is 0.0934. The highest BCUT2D eigenvalue weighted by molar-refractivity contribution is 5.93. The number of H-pyrrole nitrogens is 1. The standard InChI is InChI=1S/C25H23FN4O2/c1-15(16-8-10-20(26)11-9-16)27-24(31)21-13-23-25(32)28-22(14-30(23)29-21)19-7-6-17-4-2-3-5-18(17)12-19/h6-15H,2-5H2,1H3,(H,27,31)(H,28,32)/t15-/m1/s1. The van der Waals surface area contributed by atoms with Gasteiger partial charge in [-0.15, -0.1) is 0 Å². The van der Waals surface area contributed by atoms with Gasteiger partial charge in [0, 0.05) is 6.07 Å². The van der Waals surface area contributed by atoms with Gasteiger partial charge in [0.15, 0.2) is 5.69 Å². The molecule has 162 valence electrons. The highest BCUT2D eigenvalue weighted by atomic mass is 19.1. The molecule has 6 nitrogen and oxygen atoms in total. The molecule has 0 saturated carbocycles. The third-order valence-electron chi connectivity index (χ3n) is 6.08. The van der Waals surface area contributed by atoms with Gasteiger partial charge in [-0.25, -0.2) is 8.91 Å². The van der Waals surface area contributed by atoms with E-state index in [9.17, 15) is 14.0 Å². The number of nitrogens with one attached hydrogen (secondary N) is 2. The maximum atomic E-state index is 13.1. The van der Waals surface area contributed by atoms with Gasteiger partial charge in [-0.2, -0.15) is 5.10 Å². The van der Waals surface area contributed by atoms with Crippen molar-refractivity contribution in [2.45, 2.75) is 38.6 Å². The predicted molar refractivity (Wildman–Crippen MR) is 120 cm³/mol. The summed E-state index contributed by atoms with van der Waals surface area (Å²) in [6.07, 6.45) is 6.28. The Balaban J connectivity index is 1.43. The fourth-order valence-corrected chi connectivity index (χ4v) is 4.27. The third kappa shape index (κ3) is 3.82. The molecular weight excluding hydrogens is 407 g/mol. The summed E-state index contributed by atoms with van der Waals surface area (Å²) in [6, 6.07) is 13.4. The molecule has 4 aromatic rings. The van der Waals surface area contributed by atoms with E-state index in [0.29, 0.717) is 11.2 Å². The summed E-state index contributed by atoms with van der Waals surface area (Å²) >= 11 is 0. The average molecular weight is 430 g/mol. The Morgan fingerprint density at radius 2 is 1.84 bits per heavy atom. The Morgan fingerprint density at radius 3 is 2.62 bits per heavy atom. The minimum atomic E-state index is -0.403. The van der Waals surface area contributed by atoms with Gasteiger partial charge in [-0.05, 0) is 73.1 Å². The number of benzene rings is 2. The molecule has 0 spiro atoms. The van der Waals surface area contributed by atoms with Crippen molar-refractivity contribution >= 4 is 11.4 Å². The molecule has 32 heavy (non-hydrogen) atoms. The van der Waals surface area contributed by atoms with E-state index in [0.717, 1.165) is 24.0 Å². The summed E-state index contributed by atoms with van der Waals surface area (Å²) in [6.45, 7) is 1.81. The lowest BCUT2D eigenvalue weighted by Crippen LogP contribution is -2.27. The molecule has 5 rings (SSSR count). The molecule has 0 fully saturated rings. The number of nitrogens with zero attached hydrogens (tertiary/aromatic N) is 2. The van der Waals surface area contributed by atoms with E-state index < -0.39 is 5.91 Å². The second kappa shape index (κ2) is 8.07. The minimum absolute atomic E-state index is 0.145. The first-order chi connectivity index (χ1) is 15.5. The maximum absolute atomic E-state index is 13.1. The van der Waals surface area contributed by atoms with Crippen LogP contribution in [0.2, 0.25) is 0 Å². The molecule has 1 aliphatic carbocycles. The Labute approximate surface area is 184 Å². The van der Waals surface area contributed by atoms with Crippen LogP contribution in [0.15, 0.2) is 59.5 Å². The highest BCUT2D eigenvalue weighted by Gasteiger charge is 2.17. The maximum Gasteiger partial charge on any atom is 0.274 e. The summed E-state index contributed by atoms with van der Waals surface area (Å²) in [5.74, 6) is -0.734. The van der Waals surface area contributed by atoms with Crippen LogP contribution in [0.5, 0.6) is 0 Å². The van der Waals surface area contributed by atoms with Crippen LogP contribution in [0.25, 0.3) is 16.8 Å². The SMILES string of the molecule is C[C@@H](NC(=O)c1cc2c(=O)[nH]c(-c3ccc4c(c3)CCCC4)cn2n1)c1ccc(F)cc1. The number of amides is 1. The number of fused-ring (bicyclic) bond motifs is 2. The molecule has 2 N–H and O–H groups in total. The molecule has 1 amide bonds. The molecule has 0 unspecified atom stereocenters. The lowest BCUT2D eigenvalue weighted by Gasteiger charge is -2.16. The average Bonchev–Trinajstić information content (AvgIpc) is 3.24. The van der Waals surface area contributed by atoms with Crippen molar-refractivity contribution < 1.29 is 9.18 Å². The smallest absolute Gasteiger partial charge is 0.274 e. The summed E-state index contributed by atoms with van der Waals surface area (Å²) in [4.78, 5) is 28.3. The number of hydrogen-bond donors (Lipinski definition) is 2. The molecule has 0 aliphatic heterocycles. The van der Waals surface area contributed by atoms with E-state index in [-0.39, 0.29) is 23.1 Å². The second-order valence-corrected chi connectivity index (χ2v) is 8.29. The fraction of sp³-hybridized carbons (Fsp3) is 0.240. The number of hydrogen-bond acceptors (Lipinski definition) is 3. The number of rotatable bonds is 4. The van der Waals surface area contributed by atoms with Crippen molar-refractivity contribution in [1.29, 1.82) is 0 Å². The number of halogens is 1. The van der Waals surface area contributed by atoms with Crippen LogP contribution in [-0.4, -0.2) is 20.5 Å². The predicted octanol–water partition coefficient (Wildman–Crippen LogP) is 4.20. The molecule has 1 atom stereocenters. The summed E-state index contributed by atoms with van der Waals surface area (Å²) in [5, 5.41) is 7.18. The number of carbonyl (C=O) groups is 1. The lowest BCUT2D eigenvalue weighted by atomic mass is 9.90. The van der Waals surface area contributed by atoms with Crippen LogP contribution in [0.3, 0.4) is 0 Å². The first-order valence-electron chi connectivity index (χ1n) is 10.8. The third-order valence-corrected chi connectivity index (χ3v) is 6.08. The summed E-state index contributed by atoms with van der Waals surface area (Å²) < 4.78 is 14.6. The van der Waals surface area contributed by atoms with Crippen molar-refractivity contribution in [2.24, 2.45) is 0 Å². The number of carbonyl (C=O) groups excluding carboxylic acids is 1. The van der Waals surface area contributed by atoms with Gasteiger partial charge in [0.2, 0.25) is 0 Å². The topological polar surface area (TPSA) is 79.3 Å². The van der Waals surface area contributed by atoms with Crippen molar-refractivity contribution in [3.05, 3.63) is 93.3 Å². The number of aryl methyl sites for hydroxylation is 2. The van der Waals surface area contributed by atoms with Crippen LogP contribution in [0, 0.1) is 5.82 Å². The molecule has 1 aliphatic rings. The minimum Gasteiger partial charge on any atom is -0.344 e. The van der Waals surface area contributed by atoms with Gasteiger partial charge in [0.05, 0.1) is 17.9 Å². The molecule has 7 heteroatoms. The van der Waals surface area contributed by atoms with Crippen LogP contribution in [-0.2, 0) is 12.8 Å². The Hall–Kier alpha value is -3.74. The normalized spacial score (nSPS) is 14.2. The molecule has 0 saturated heterocycles. The van der Waals surface area contributed by atoms with Crippen molar-refractivity contribution in [3.63, 3.8) is 0 Å². The van der Waals surface area contributed by atoms with Gasteiger partial charge in [-0.1, -0.05) is 24.3 Å². The Kier molecular flexibility index (Phi) is 5.09. The quantitative estimate of drug-likeness (QED) is 0.509. The first-order valence-corrected chi connectivity index (χ1v) is 10.8. The number of aromatic amines is 1. The zero-order valence-electron chi connectivity index (χ0n) is 17.7. The van der Waals surface area contributed by atoms with Crippen LogP contribution >= 0.6 is 0 Å². The van der Waals surface area contributed by atoms with Crippen molar-refractivity contribution in [1.82, 2.24) is 19.9 Å². The zero-order chi connectivity index (χ0) is 22.2. The Morgan fingerprint density at radius 1 is 1.09 bits per heavy atom. The summed E-state index contributed by atoms with van der Waals surface area (Å²) in [7, 11) is 0. The molecular formula is C25H23FN4O2. The van der Waals surface area contributed by atoms with E-state index in [4.69, 9.17) is 0 Å². The zero-order valence-corrected chi connectivity index (χ0v) is 17.7. The first kappa shape index (κ1) is 20.2. The van der Waals surface area contributed by atoms with Gasteiger partial charge in [0.25, 0.3) is 11.5 Å². The van der Waals surface area contributed by atoms with Crippen LogP contribution < -0.4 is 10.9 Å². The molecule has 0 bridgehead atoms. The Bertz CT molecular complexity index is 1370. The van der Waals surface area contributed by atoms with E-state index >= 15 is 0 Å². The molecule has 2 aromatic carbocycles. The van der Waals surface area contributed by atoms with Gasteiger partial charge < -0.3 is 10.3 Å².